The summed E-state index contributed by atoms with van der Waals surface area (Å²) in [6.45, 7) is 2.06. The molecule has 0 amide bonds. The molecule has 0 bridgehead atoms. The van der Waals surface area contributed by atoms with E-state index in [9.17, 15) is 0 Å². The van der Waals surface area contributed by atoms with Gasteiger partial charge < -0.3 is 0 Å². The van der Waals surface area contributed by atoms with Gasteiger partial charge in [-0.1, -0.05) is 29.8 Å². The van der Waals surface area contributed by atoms with Gasteiger partial charge in [-0.3, -0.25) is 10.8 Å². The Bertz CT molecular complexity index is 496. The Morgan fingerprint density at radius 1 is 1.18 bits per heavy atom. The Morgan fingerprint density at radius 3 is 2.47 bits per heavy atom. The van der Waals surface area contributed by atoms with E-state index < -0.39 is 0 Å². The van der Waals surface area contributed by atoms with Crippen LogP contribution in [0.3, 0.4) is 0 Å². The van der Waals surface area contributed by atoms with Crippen molar-refractivity contribution in [2.45, 2.75) is 13.0 Å². The lowest BCUT2D eigenvalue weighted by atomic mass is 10.00. The number of nitrogens with zero attached hydrogens (tertiary/aromatic N) is 1. The summed E-state index contributed by atoms with van der Waals surface area (Å²) in [5.74, 6) is 5.63. The van der Waals surface area contributed by atoms with Crippen molar-refractivity contribution in [1.29, 1.82) is 0 Å². The molecule has 2 rings (SSSR count). The van der Waals surface area contributed by atoms with Crippen molar-refractivity contribution in [1.82, 2.24) is 10.4 Å². The molecule has 1 aromatic carbocycles. The Morgan fingerprint density at radius 2 is 1.88 bits per heavy atom. The average Bonchev–Trinajstić information content (AvgIpc) is 2.33. The third-order valence-corrected chi connectivity index (χ3v) is 3.07. The van der Waals surface area contributed by atoms with E-state index in [1.165, 1.54) is 5.56 Å². The van der Waals surface area contributed by atoms with Crippen LogP contribution in [0.1, 0.15) is 22.7 Å². The van der Waals surface area contributed by atoms with Crippen molar-refractivity contribution in [3.05, 3.63) is 63.9 Å². The number of hydrogen-bond donors (Lipinski definition) is 2. The van der Waals surface area contributed by atoms with Gasteiger partial charge in [-0.25, -0.2) is 5.43 Å². The topological polar surface area (TPSA) is 50.9 Å². The number of halogens is 1. The minimum absolute atomic E-state index is 0.0411. The molecule has 88 valence electrons. The van der Waals surface area contributed by atoms with E-state index in [-0.39, 0.29) is 6.04 Å². The van der Waals surface area contributed by atoms with Crippen molar-refractivity contribution < 1.29 is 0 Å². The second kappa shape index (κ2) is 5.40. The smallest absolute Gasteiger partial charge is 0.0725 e. The maximum Gasteiger partial charge on any atom is 0.0725 e. The highest BCUT2D eigenvalue weighted by atomic mass is 79.9. The number of aryl methyl sites for hydroxylation is 1. The van der Waals surface area contributed by atoms with E-state index in [0.29, 0.717) is 0 Å². The fourth-order valence-corrected chi connectivity index (χ4v) is 2.11. The van der Waals surface area contributed by atoms with Gasteiger partial charge in [-0.2, -0.15) is 0 Å². The summed E-state index contributed by atoms with van der Waals surface area (Å²) < 4.78 is 0.947. The molecule has 0 aliphatic carbocycles. The molecule has 1 unspecified atom stereocenters. The number of nitrogens with one attached hydrogen (secondary N) is 1. The molecular formula is C13H14BrN3. The Hall–Kier alpha value is -1.23. The van der Waals surface area contributed by atoms with E-state index in [1.54, 1.807) is 6.20 Å². The van der Waals surface area contributed by atoms with Crippen molar-refractivity contribution in [2.24, 2.45) is 5.84 Å². The lowest BCUT2D eigenvalue weighted by molar-refractivity contribution is 0.634. The van der Waals surface area contributed by atoms with Gasteiger partial charge >= 0.3 is 0 Å². The monoisotopic (exact) mass is 291 g/mol. The zero-order chi connectivity index (χ0) is 12.3. The van der Waals surface area contributed by atoms with Gasteiger partial charge in [0.25, 0.3) is 0 Å². The summed E-state index contributed by atoms with van der Waals surface area (Å²) in [6, 6.07) is 10.3. The summed E-state index contributed by atoms with van der Waals surface area (Å²) >= 11 is 3.41. The van der Waals surface area contributed by atoms with Crippen molar-refractivity contribution >= 4 is 15.9 Å². The third-order valence-electron chi connectivity index (χ3n) is 2.64. The number of benzene rings is 1. The van der Waals surface area contributed by atoms with Crippen molar-refractivity contribution in [3.8, 4) is 0 Å². The normalized spacial score (nSPS) is 12.4. The first-order valence-electron chi connectivity index (χ1n) is 5.34. The highest BCUT2D eigenvalue weighted by Crippen LogP contribution is 2.23. The summed E-state index contributed by atoms with van der Waals surface area (Å²) in [5.41, 5.74) is 6.21. The molecule has 2 aromatic rings. The first kappa shape index (κ1) is 12.2. The van der Waals surface area contributed by atoms with Gasteiger partial charge in [0.15, 0.2) is 0 Å². The predicted octanol–water partition coefficient (Wildman–Crippen LogP) is 2.71. The lowest BCUT2D eigenvalue weighted by Gasteiger charge is -2.16. The fraction of sp³-hybridized carbons (Fsp3) is 0.154. The molecule has 0 aliphatic heterocycles. The summed E-state index contributed by atoms with van der Waals surface area (Å²) in [4.78, 5) is 4.15. The second-order valence-corrected chi connectivity index (χ2v) is 4.86. The molecule has 3 N–H and O–H groups in total. The summed E-state index contributed by atoms with van der Waals surface area (Å²) in [7, 11) is 0. The SMILES string of the molecule is Cc1ccc(C(NN)c2cncc(Br)c2)cc1. The van der Waals surface area contributed by atoms with E-state index in [0.717, 1.165) is 15.6 Å². The Balaban J connectivity index is 2.36. The predicted molar refractivity (Wildman–Crippen MR) is 72.3 cm³/mol. The van der Waals surface area contributed by atoms with Gasteiger partial charge in [-0.15, -0.1) is 0 Å². The molecule has 0 spiro atoms. The van der Waals surface area contributed by atoms with Gasteiger partial charge in [0.2, 0.25) is 0 Å². The van der Waals surface area contributed by atoms with Crippen LogP contribution in [0.2, 0.25) is 0 Å². The average molecular weight is 292 g/mol. The number of aromatic nitrogens is 1. The first-order chi connectivity index (χ1) is 8.20. The molecule has 0 radical (unpaired) electrons. The molecule has 4 heteroatoms. The molecule has 1 aromatic heterocycles. The standard InChI is InChI=1S/C13H14BrN3/c1-9-2-4-10(5-3-9)13(17-15)11-6-12(14)8-16-7-11/h2-8,13,17H,15H2,1H3. The van der Waals surface area contributed by atoms with Crippen molar-refractivity contribution in [3.63, 3.8) is 0 Å². The molecule has 1 heterocycles. The van der Waals surface area contributed by atoms with Crippen LogP contribution in [0, 0.1) is 6.92 Å². The van der Waals surface area contributed by atoms with Crippen LogP contribution in [0.5, 0.6) is 0 Å². The summed E-state index contributed by atoms with van der Waals surface area (Å²) in [5, 5.41) is 0. The van der Waals surface area contributed by atoms with E-state index in [1.807, 2.05) is 12.3 Å². The highest BCUT2D eigenvalue weighted by Gasteiger charge is 2.12. The molecular weight excluding hydrogens is 278 g/mol. The minimum atomic E-state index is -0.0411. The summed E-state index contributed by atoms with van der Waals surface area (Å²) in [6.07, 6.45) is 3.57. The molecule has 0 saturated carbocycles. The first-order valence-corrected chi connectivity index (χ1v) is 6.13. The zero-order valence-electron chi connectivity index (χ0n) is 9.52. The van der Waals surface area contributed by atoms with Crippen LogP contribution in [-0.2, 0) is 0 Å². The third kappa shape index (κ3) is 2.91. The number of nitrogens with two attached hydrogens (primary N) is 1. The quantitative estimate of drug-likeness (QED) is 0.675. The largest absolute Gasteiger partial charge is 0.271 e. The number of hydrogen-bond acceptors (Lipinski definition) is 3. The van der Waals surface area contributed by atoms with E-state index in [2.05, 4.69) is 57.5 Å². The van der Waals surface area contributed by atoms with Gasteiger partial charge in [0.1, 0.15) is 0 Å². The molecule has 1 atom stereocenters. The van der Waals surface area contributed by atoms with Gasteiger partial charge in [0, 0.05) is 16.9 Å². The Kier molecular flexibility index (Phi) is 3.89. The van der Waals surface area contributed by atoms with E-state index >= 15 is 0 Å². The van der Waals surface area contributed by atoms with Crippen LogP contribution >= 0.6 is 15.9 Å². The maximum atomic E-state index is 5.63. The van der Waals surface area contributed by atoms with Crippen LogP contribution in [-0.4, -0.2) is 4.98 Å². The zero-order valence-corrected chi connectivity index (χ0v) is 11.1. The number of hydrazine groups is 1. The van der Waals surface area contributed by atoms with E-state index in [4.69, 9.17) is 5.84 Å². The minimum Gasteiger partial charge on any atom is -0.271 e. The second-order valence-electron chi connectivity index (χ2n) is 3.95. The van der Waals surface area contributed by atoms with Crippen LogP contribution in [0.4, 0.5) is 0 Å². The fourth-order valence-electron chi connectivity index (χ4n) is 1.73. The van der Waals surface area contributed by atoms with Crippen LogP contribution in [0.15, 0.2) is 47.2 Å². The molecule has 17 heavy (non-hydrogen) atoms. The number of rotatable bonds is 3. The maximum absolute atomic E-state index is 5.63. The van der Waals surface area contributed by atoms with Crippen LogP contribution in [0.25, 0.3) is 0 Å². The van der Waals surface area contributed by atoms with Gasteiger partial charge in [0.05, 0.1) is 6.04 Å². The molecule has 0 saturated heterocycles. The lowest BCUT2D eigenvalue weighted by Crippen LogP contribution is -2.28. The molecule has 0 fully saturated rings. The Labute approximate surface area is 109 Å². The van der Waals surface area contributed by atoms with Crippen molar-refractivity contribution in [2.75, 3.05) is 0 Å². The molecule has 0 aliphatic rings. The van der Waals surface area contributed by atoms with Crippen LogP contribution < -0.4 is 11.3 Å². The highest BCUT2D eigenvalue weighted by molar-refractivity contribution is 9.10. The number of pyridine rings is 1. The van der Waals surface area contributed by atoms with Gasteiger partial charge in [-0.05, 0) is 40.0 Å². The molecule has 3 nitrogen and oxygen atoms in total.